The summed E-state index contributed by atoms with van der Waals surface area (Å²) >= 11 is 1.78. The number of aromatic nitrogens is 1. The molecule has 1 fully saturated rings. The first-order chi connectivity index (χ1) is 7.95. The third-order valence-electron chi connectivity index (χ3n) is 3.71. The van der Waals surface area contributed by atoms with Gasteiger partial charge in [-0.3, -0.25) is 0 Å². The van der Waals surface area contributed by atoms with Gasteiger partial charge in [-0.2, -0.15) is 0 Å². The first-order valence-corrected chi connectivity index (χ1v) is 7.49. The Kier molecular flexibility index (Phi) is 3.60. The van der Waals surface area contributed by atoms with Crippen molar-refractivity contribution in [1.29, 1.82) is 0 Å². The van der Waals surface area contributed by atoms with Crippen LogP contribution in [0.3, 0.4) is 0 Å². The van der Waals surface area contributed by atoms with Crippen molar-refractivity contribution in [3.05, 3.63) is 16.1 Å². The Morgan fingerprint density at radius 3 is 2.59 bits per heavy atom. The molecule has 2 rings (SSSR count). The maximum Gasteiger partial charge on any atom is 0.0982 e. The molecule has 17 heavy (non-hydrogen) atoms. The van der Waals surface area contributed by atoms with E-state index >= 15 is 0 Å². The van der Waals surface area contributed by atoms with E-state index in [1.165, 1.54) is 30.0 Å². The van der Waals surface area contributed by atoms with Crippen molar-refractivity contribution in [2.24, 2.45) is 5.41 Å². The van der Waals surface area contributed by atoms with Gasteiger partial charge in [0.15, 0.2) is 0 Å². The van der Waals surface area contributed by atoms with Crippen molar-refractivity contribution in [2.75, 3.05) is 6.54 Å². The molecule has 0 unspecified atom stereocenters. The Balaban J connectivity index is 1.81. The Morgan fingerprint density at radius 1 is 1.41 bits per heavy atom. The van der Waals surface area contributed by atoms with Crippen molar-refractivity contribution in [1.82, 2.24) is 10.3 Å². The molecule has 1 aliphatic rings. The standard InChI is InChI=1S/C14H24N2S/c1-5-14(6-7-14)10-15-8-11-9-17-12(16-11)13(2,3)4/h9,15H,5-8,10H2,1-4H3. The van der Waals surface area contributed by atoms with Crippen LogP contribution < -0.4 is 5.32 Å². The molecule has 0 amide bonds. The van der Waals surface area contributed by atoms with Crippen LogP contribution in [-0.2, 0) is 12.0 Å². The molecule has 1 aromatic rings. The van der Waals surface area contributed by atoms with E-state index < -0.39 is 0 Å². The van der Waals surface area contributed by atoms with Crippen LogP contribution in [0.25, 0.3) is 0 Å². The lowest BCUT2D eigenvalue weighted by atomic mass is 9.98. The smallest absolute Gasteiger partial charge is 0.0982 e. The topological polar surface area (TPSA) is 24.9 Å². The lowest BCUT2D eigenvalue weighted by molar-refractivity contribution is 0.441. The van der Waals surface area contributed by atoms with Crippen LogP contribution in [0.2, 0.25) is 0 Å². The molecule has 0 bridgehead atoms. The lowest BCUT2D eigenvalue weighted by Crippen LogP contribution is -2.23. The summed E-state index contributed by atoms with van der Waals surface area (Å²) in [4.78, 5) is 4.70. The van der Waals surface area contributed by atoms with Gasteiger partial charge in [-0.1, -0.05) is 27.7 Å². The van der Waals surface area contributed by atoms with E-state index in [-0.39, 0.29) is 5.41 Å². The predicted octanol–water partition coefficient (Wildman–Crippen LogP) is 3.72. The van der Waals surface area contributed by atoms with E-state index in [1.807, 2.05) is 0 Å². The van der Waals surface area contributed by atoms with E-state index in [1.54, 1.807) is 11.3 Å². The molecular formula is C14H24N2S. The predicted molar refractivity (Wildman–Crippen MR) is 74.5 cm³/mol. The van der Waals surface area contributed by atoms with Gasteiger partial charge in [0.25, 0.3) is 0 Å². The molecule has 96 valence electrons. The number of hydrogen-bond donors (Lipinski definition) is 1. The molecule has 0 aliphatic heterocycles. The summed E-state index contributed by atoms with van der Waals surface area (Å²) in [6.45, 7) is 11.0. The van der Waals surface area contributed by atoms with Crippen LogP contribution in [0.4, 0.5) is 0 Å². The normalized spacial score (nSPS) is 18.4. The van der Waals surface area contributed by atoms with Gasteiger partial charge < -0.3 is 5.32 Å². The second-order valence-corrected chi connectivity index (χ2v) is 7.21. The van der Waals surface area contributed by atoms with E-state index in [4.69, 9.17) is 4.98 Å². The van der Waals surface area contributed by atoms with Gasteiger partial charge in [0.1, 0.15) is 0 Å². The number of hydrogen-bond acceptors (Lipinski definition) is 3. The Hall–Kier alpha value is -0.410. The Labute approximate surface area is 109 Å². The number of thiazole rings is 1. The van der Waals surface area contributed by atoms with Gasteiger partial charge in [0.05, 0.1) is 10.7 Å². The zero-order valence-electron chi connectivity index (χ0n) is 11.5. The van der Waals surface area contributed by atoms with Crippen LogP contribution >= 0.6 is 11.3 Å². The summed E-state index contributed by atoms with van der Waals surface area (Å²) in [5, 5.41) is 7.00. The molecule has 1 saturated carbocycles. The van der Waals surface area contributed by atoms with Crippen molar-refractivity contribution in [2.45, 2.75) is 58.9 Å². The molecule has 2 nitrogen and oxygen atoms in total. The number of nitrogens with one attached hydrogen (secondary N) is 1. The molecule has 0 atom stereocenters. The summed E-state index contributed by atoms with van der Waals surface area (Å²) in [6.07, 6.45) is 4.12. The van der Waals surface area contributed by atoms with Gasteiger partial charge in [-0.05, 0) is 24.7 Å². The zero-order chi connectivity index (χ0) is 12.5. The quantitative estimate of drug-likeness (QED) is 0.864. The van der Waals surface area contributed by atoms with Crippen molar-refractivity contribution >= 4 is 11.3 Å². The minimum atomic E-state index is 0.185. The summed E-state index contributed by atoms with van der Waals surface area (Å²) < 4.78 is 0. The Morgan fingerprint density at radius 2 is 2.12 bits per heavy atom. The van der Waals surface area contributed by atoms with Gasteiger partial charge >= 0.3 is 0 Å². The van der Waals surface area contributed by atoms with E-state index in [0.29, 0.717) is 5.41 Å². The van der Waals surface area contributed by atoms with Crippen molar-refractivity contribution in [3.63, 3.8) is 0 Å². The average Bonchev–Trinajstić information content (AvgIpc) is 2.86. The minimum Gasteiger partial charge on any atom is -0.311 e. The van der Waals surface area contributed by atoms with Gasteiger partial charge in [0, 0.05) is 23.9 Å². The SMILES string of the molecule is CCC1(CNCc2csc(C(C)(C)C)n2)CC1. The first kappa shape index (κ1) is 13.0. The second-order valence-electron chi connectivity index (χ2n) is 6.35. The minimum absolute atomic E-state index is 0.185. The molecule has 0 radical (unpaired) electrons. The van der Waals surface area contributed by atoms with Crippen LogP contribution in [-0.4, -0.2) is 11.5 Å². The summed E-state index contributed by atoms with van der Waals surface area (Å²) in [5.41, 5.74) is 2.01. The molecule has 0 saturated heterocycles. The van der Waals surface area contributed by atoms with Crippen LogP contribution in [0.5, 0.6) is 0 Å². The first-order valence-electron chi connectivity index (χ1n) is 6.61. The fourth-order valence-corrected chi connectivity index (χ4v) is 2.93. The van der Waals surface area contributed by atoms with E-state index in [0.717, 1.165) is 13.1 Å². The fraction of sp³-hybridized carbons (Fsp3) is 0.786. The molecule has 1 N–H and O–H groups in total. The highest BCUT2D eigenvalue weighted by Crippen LogP contribution is 2.47. The van der Waals surface area contributed by atoms with Crippen LogP contribution in [0.15, 0.2) is 5.38 Å². The average molecular weight is 252 g/mol. The molecule has 1 aliphatic carbocycles. The maximum absolute atomic E-state index is 4.70. The van der Waals surface area contributed by atoms with Gasteiger partial charge in [-0.25, -0.2) is 4.98 Å². The van der Waals surface area contributed by atoms with Gasteiger partial charge in [0.2, 0.25) is 0 Å². The highest BCUT2D eigenvalue weighted by atomic mass is 32.1. The van der Waals surface area contributed by atoms with Crippen molar-refractivity contribution in [3.8, 4) is 0 Å². The largest absolute Gasteiger partial charge is 0.311 e. The Bertz CT molecular complexity index is 372. The lowest BCUT2D eigenvalue weighted by Gasteiger charge is -2.14. The van der Waals surface area contributed by atoms with Crippen LogP contribution in [0.1, 0.15) is 57.7 Å². The number of nitrogens with zero attached hydrogens (tertiary/aromatic N) is 1. The highest BCUT2D eigenvalue weighted by molar-refractivity contribution is 7.09. The third kappa shape index (κ3) is 3.29. The van der Waals surface area contributed by atoms with E-state index in [2.05, 4.69) is 38.4 Å². The second kappa shape index (κ2) is 4.69. The summed E-state index contributed by atoms with van der Waals surface area (Å²) in [7, 11) is 0. The summed E-state index contributed by atoms with van der Waals surface area (Å²) in [5.74, 6) is 0. The van der Waals surface area contributed by atoms with E-state index in [9.17, 15) is 0 Å². The number of rotatable bonds is 5. The molecule has 1 aromatic heterocycles. The summed E-state index contributed by atoms with van der Waals surface area (Å²) in [6, 6.07) is 0. The third-order valence-corrected chi connectivity index (χ3v) is 5.02. The maximum atomic E-state index is 4.70. The van der Waals surface area contributed by atoms with Crippen molar-refractivity contribution < 1.29 is 0 Å². The molecule has 1 heterocycles. The molecular weight excluding hydrogens is 228 g/mol. The molecule has 0 aromatic carbocycles. The molecule has 3 heteroatoms. The van der Waals surface area contributed by atoms with Crippen LogP contribution in [0, 0.1) is 5.41 Å². The zero-order valence-corrected chi connectivity index (χ0v) is 12.3. The van der Waals surface area contributed by atoms with Gasteiger partial charge in [-0.15, -0.1) is 11.3 Å². The monoisotopic (exact) mass is 252 g/mol. The molecule has 0 spiro atoms. The highest BCUT2D eigenvalue weighted by Gasteiger charge is 2.39. The fourth-order valence-electron chi connectivity index (χ4n) is 2.02.